The van der Waals surface area contributed by atoms with Gasteiger partial charge in [-0.25, -0.2) is 4.39 Å². The molecule has 0 atom stereocenters. The van der Waals surface area contributed by atoms with Crippen molar-refractivity contribution < 1.29 is 9.18 Å². The van der Waals surface area contributed by atoms with Crippen LogP contribution in [0.2, 0.25) is 0 Å². The van der Waals surface area contributed by atoms with Crippen LogP contribution in [-0.4, -0.2) is 31.6 Å². The van der Waals surface area contributed by atoms with Crippen molar-refractivity contribution in [1.29, 1.82) is 0 Å². The number of amides is 1. The van der Waals surface area contributed by atoms with Crippen LogP contribution in [0.3, 0.4) is 0 Å². The van der Waals surface area contributed by atoms with Gasteiger partial charge in [0.25, 0.3) is 5.56 Å². The molecule has 35 heavy (non-hydrogen) atoms. The van der Waals surface area contributed by atoms with Crippen molar-refractivity contribution in [2.75, 3.05) is 6.54 Å². The molecule has 1 aliphatic rings. The number of hydrogen-bond acceptors (Lipinski definition) is 4. The van der Waals surface area contributed by atoms with Gasteiger partial charge in [0.05, 0.1) is 17.4 Å². The summed E-state index contributed by atoms with van der Waals surface area (Å²) in [6.45, 7) is 0.882. The second-order valence-corrected chi connectivity index (χ2v) is 8.99. The number of halogens is 1. The van der Waals surface area contributed by atoms with E-state index < -0.39 is 0 Å². The Hall–Kier alpha value is -3.81. The predicted octanol–water partition coefficient (Wildman–Crippen LogP) is 4.17. The number of rotatable bonds is 8. The van der Waals surface area contributed by atoms with E-state index in [1.54, 1.807) is 22.8 Å². The Morgan fingerprint density at radius 2 is 1.86 bits per heavy atom. The fraction of sp³-hybridized carbons (Fsp3) is 0.333. The van der Waals surface area contributed by atoms with Gasteiger partial charge in [0.2, 0.25) is 11.7 Å². The number of carbonyl (C=O) groups is 1. The summed E-state index contributed by atoms with van der Waals surface area (Å²) in [6, 6.07) is 13.4. The van der Waals surface area contributed by atoms with E-state index in [1.807, 2.05) is 22.6 Å². The van der Waals surface area contributed by atoms with Crippen LogP contribution in [-0.2, 0) is 17.8 Å². The molecular formula is C27H28FN5O2. The lowest BCUT2D eigenvalue weighted by Crippen LogP contribution is -2.26. The van der Waals surface area contributed by atoms with Crippen molar-refractivity contribution in [1.82, 2.24) is 24.5 Å². The normalized spacial score (nSPS) is 13.8. The number of nitrogens with zero attached hydrogens (tertiary/aromatic N) is 4. The van der Waals surface area contributed by atoms with E-state index in [2.05, 4.69) is 21.6 Å². The molecule has 180 valence electrons. The Morgan fingerprint density at radius 1 is 1.03 bits per heavy atom. The monoisotopic (exact) mass is 473 g/mol. The van der Waals surface area contributed by atoms with Crippen LogP contribution in [0, 0.1) is 5.82 Å². The van der Waals surface area contributed by atoms with Crippen LogP contribution in [0.25, 0.3) is 16.7 Å². The van der Waals surface area contributed by atoms with Crippen molar-refractivity contribution in [3.8, 4) is 0 Å². The lowest BCUT2D eigenvalue weighted by atomic mass is 9.97. The fourth-order valence-corrected chi connectivity index (χ4v) is 4.70. The summed E-state index contributed by atoms with van der Waals surface area (Å²) in [4.78, 5) is 25.8. The standard InChI is InChI=1S/C27H28FN5O2/c28-21-12-10-20(11-13-21)18-32-26(35)22-8-4-5-9-23(22)33-24(30-31-27(32)33)14-15-25(34)29-17-16-19-6-2-1-3-7-19/h4-6,8-13H,1-3,7,14-18H2,(H,29,34). The number of fused-ring (bicyclic) bond motifs is 3. The average Bonchev–Trinajstić information content (AvgIpc) is 3.31. The number of nitrogens with one attached hydrogen (secondary N) is 1. The molecule has 7 nitrogen and oxygen atoms in total. The van der Waals surface area contributed by atoms with E-state index in [-0.39, 0.29) is 30.2 Å². The van der Waals surface area contributed by atoms with Gasteiger partial charge >= 0.3 is 0 Å². The number of carbonyl (C=O) groups excluding carboxylic acids is 1. The van der Waals surface area contributed by atoms with Crippen LogP contribution in [0.4, 0.5) is 4.39 Å². The Kier molecular flexibility index (Phi) is 6.70. The highest BCUT2D eigenvalue weighted by atomic mass is 19.1. The summed E-state index contributed by atoms with van der Waals surface area (Å²) in [7, 11) is 0. The highest BCUT2D eigenvalue weighted by Crippen LogP contribution is 2.20. The Bertz CT molecular complexity index is 1450. The number of benzene rings is 2. The molecule has 4 aromatic rings. The first-order valence-corrected chi connectivity index (χ1v) is 12.1. The summed E-state index contributed by atoms with van der Waals surface area (Å²) in [5.74, 6) is 0.664. The van der Waals surface area contributed by atoms with E-state index >= 15 is 0 Å². The third kappa shape index (κ3) is 5.01. The van der Waals surface area contributed by atoms with E-state index in [0.717, 1.165) is 24.8 Å². The molecule has 8 heteroatoms. The van der Waals surface area contributed by atoms with Crippen LogP contribution in [0.5, 0.6) is 0 Å². The van der Waals surface area contributed by atoms with Gasteiger partial charge in [-0.05, 0) is 61.9 Å². The third-order valence-electron chi connectivity index (χ3n) is 6.56. The van der Waals surface area contributed by atoms with Crippen molar-refractivity contribution in [2.24, 2.45) is 0 Å². The molecule has 0 saturated heterocycles. The molecular weight excluding hydrogens is 445 g/mol. The minimum Gasteiger partial charge on any atom is -0.356 e. The van der Waals surface area contributed by atoms with Gasteiger partial charge in [0.1, 0.15) is 11.6 Å². The molecule has 1 N–H and O–H groups in total. The zero-order valence-electron chi connectivity index (χ0n) is 19.5. The Balaban J connectivity index is 1.38. The summed E-state index contributed by atoms with van der Waals surface area (Å²) < 4.78 is 16.8. The van der Waals surface area contributed by atoms with Crippen LogP contribution < -0.4 is 10.9 Å². The van der Waals surface area contributed by atoms with Crippen LogP contribution in [0.15, 0.2) is 65.0 Å². The van der Waals surface area contributed by atoms with Gasteiger partial charge < -0.3 is 5.32 Å². The van der Waals surface area contributed by atoms with E-state index in [4.69, 9.17) is 0 Å². The summed E-state index contributed by atoms with van der Waals surface area (Å²) in [6.07, 6.45) is 8.65. The molecule has 2 heterocycles. The fourth-order valence-electron chi connectivity index (χ4n) is 4.70. The molecule has 1 amide bonds. The first kappa shape index (κ1) is 23.0. The maximum atomic E-state index is 13.4. The minimum absolute atomic E-state index is 0.0258. The van der Waals surface area contributed by atoms with Gasteiger partial charge in [-0.2, -0.15) is 0 Å². The molecule has 2 aromatic heterocycles. The maximum Gasteiger partial charge on any atom is 0.263 e. The highest BCUT2D eigenvalue weighted by molar-refractivity contribution is 5.80. The topological polar surface area (TPSA) is 81.3 Å². The van der Waals surface area contributed by atoms with Gasteiger partial charge in [0, 0.05) is 19.4 Å². The number of allylic oxidation sites excluding steroid dienone is 1. The second kappa shape index (κ2) is 10.2. The number of aromatic nitrogens is 4. The number of hydrogen-bond donors (Lipinski definition) is 1. The van der Waals surface area contributed by atoms with Crippen molar-refractivity contribution >= 4 is 22.6 Å². The molecule has 0 bridgehead atoms. The maximum absolute atomic E-state index is 13.4. The number of para-hydroxylation sites is 1. The Morgan fingerprint density at radius 3 is 2.66 bits per heavy atom. The van der Waals surface area contributed by atoms with E-state index in [0.29, 0.717) is 35.5 Å². The molecule has 0 unspecified atom stereocenters. The van der Waals surface area contributed by atoms with Crippen LogP contribution >= 0.6 is 0 Å². The van der Waals surface area contributed by atoms with Gasteiger partial charge in [-0.3, -0.25) is 18.6 Å². The zero-order chi connectivity index (χ0) is 24.2. The molecule has 5 rings (SSSR count). The lowest BCUT2D eigenvalue weighted by molar-refractivity contribution is -0.121. The third-order valence-corrected chi connectivity index (χ3v) is 6.56. The predicted molar refractivity (Wildman–Crippen MR) is 133 cm³/mol. The van der Waals surface area contributed by atoms with Crippen molar-refractivity contribution in [2.45, 2.75) is 51.5 Å². The average molecular weight is 474 g/mol. The van der Waals surface area contributed by atoms with Gasteiger partial charge in [-0.1, -0.05) is 35.9 Å². The molecule has 0 aliphatic heterocycles. The van der Waals surface area contributed by atoms with E-state index in [9.17, 15) is 14.0 Å². The summed E-state index contributed by atoms with van der Waals surface area (Å²) >= 11 is 0. The van der Waals surface area contributed by atoms with Gasteiger partial charge in [-0.15, -0.1) is 10.2 Å². The molecule has 2 aromatic carbocycles. The number of aryl methyl sites for hydroxylation is 1. The van der Waals surface area contributed by atoms with E-state index in [1.165, 1.54) is 30.5 Å². The first-order valence-electron chi connectivity index (χ1n) is 12.1. The first-order chi connectivity index (χ1) is 17.1. The molecule has 0 spiro atoms. The smallest absolute Gasteiger partial charge is 0.263 e. The quantitative estimate of drug-likeness (QED) is 0.390. The largest absolute Gasteiger partial charge is 0.356 e. The summed E-state index contributed by atoms with van der Waals surface area (Å²) in [5, 5.41) is 12.2. The lowest BCUT2D eigenvalue weighted by Gasteiger charge is -2.13. The SMILES string of the molecule is O=C(CCc1nnc2n(Cc3ccc(F)cc3)c(=O)c3ccccc3n12)NCCC1=CCCCC1. The van der Waals surface area contributed by atoms with Crippen molar-refractivity contribution in [3.63, 3.8) is 0 Å². The molecule has 0 fully saturated rings. The molecule has 1 aliphatic carbocycles. The zero-order valence-corrected chi connectivity index (χ0v) is 19.5. The second-order valence-electron chi connectivity index (χ2n) is 8.99. The van der Waals surface area contributed by atoms with Crippen molar-refractivity contribution in [3.05, 3.63) is 87.7 Å². The van der Waals surface area contributed by atoms with Gasteiger partial charge in [0.15, 0.2) is 0 Å². The highest BCUT2D eigenvalue weighted by Gasteiger charge is 2.17. The molecule has 0 radical (unpaired) electrons. The Labute approximate surface area is 202 Å². The summed E-state index contributed by atoms with van der Waals surface area (Å²) in [5.41, 5.74) is 2.73. The minimum atomic E-state index is -0.330. The van der Waals surface area contributed by atoms with Crippen LogP contribution in [0.1, 0.15) is 49.9 Å². The molecule has 0 saturated carbocycles.